The van der Waals surface area contributed by atoms with Crippen LogP contribution in [0.4, 0.5) is 13.2 Å². The van der Waals surface area contributed by atoms with Crippen LogP contribution < -0.4 is 5.32 Å². The highest BCUT2D eigenvalue weighted by Gasteiger charge is 2.50. The van der Waals surface area contributed by atoms with E-state index in [9.17, 15) is 23.1 Å². The van der Waals surface area contributed by atoms with Gasteiger partial charge in [-0.3, -0.25) is 14.6 Å². The predicted molar refractivity (Wildman–Crippen MR) is 66.1 cm³/mol. The van der Waals surface area contributed by atoms with Crippen LogP contribution in [0.3, 0.4) is 0 Å². The van der Waals surface area contributed by atoms with Crippen LogP contribution in [0.2, 0.25) is 0 Å². The van der Waals surface area contributed by atoms with Gasteiger partial charge in [0, 0.05) is 26.2 Å². The van der Waals surface area contributed by atoms with Crippen molar-refractivity contribution in [2.24, 2.45) is 0 Å². The molecule has 3 heterocycles. The van der Waals surface area contributed by atoms with Crippen molar-refractivity contribution in [2.75, 3.05) is 39.3 Å². The van der Waals surface area contributed by atoms with Gasteiger partial charge >= 0.3 is 6.18 Å². The normalized spacial score (nSPS) is 33.4. The van der Waals surface area contributed by atoms with Crippen LogP contribution in [0.1, 0.15) is 13.3 Å². The molecule has 3 rings (SSSR count). The van der Waals surface area contributed by atoms with E-state index < -0.39 is 30.3 Å². The molecule has 4 unspecified atom stereocenters. The molecule has 116 valence electrons. The van der Waals surface area contributed by atoms with E-state index in [1.165, 1.54) is 0 Å². The Labute approximate surface area is 115 Å². The molecule has 0 aromatic rings. The van der Waals surface area contributed by atoms with E-state index in [-0.39, 0.29) is 0 Å². The molecule has 20 heavy (non-hydrogen) atoms. The van der Waals surface area contributed by atoms with Crippen molar-refractivity contribution in [3.8, 4) is 0 Å². The van der Waals surface area contributed by atoms with Gasteiger partial charge in [0.25, 0.3) is 0 Å². The largest absolute Gasteiger partial charge is 0.418 e. The summed E-state index contributed by atoms with van der Waals surface area (Å²) in [5, 5.41) is 11.6. The summed E-state index contributed by atoms with van der Waals surface area (Å²) >= 11 is 0. The van der Waals surface area contributed by atoms with E-state index in [1.807, 2.05) is 4.90 Å². The fourth-order valence-corrected chi connectivity index (χ4v) is 2.57. The van der Waals surface area contributed by atoms with Gasteiger partial charge in [-0.1, -0.05) is 0 Å². The number of fused-ring (bicyclic) bond motifs is 4. The van der Waals surface area contributed by atoms with E-state index in [2.05, 4.69) is 10.2 Å². The molecular formula is C12H20F3N3O2. The molecule has 1 amide bonds. The van der Waals surface area contributed by atoms with Crippen LogP contribution in [-0.2, 0) is 4.79 Å². The number of alkyl halides is 3. The summed E-state index contributed by atoms with van der Waals surface area (Å²) in [5.41, 5.74) is -2.90. The molecule has 3 saturated heterocycles. The molecule has 0 aliphatic carbocycles. The Hall–Kier alpha value is -0.860. The van der Waals surface area contributed by atoms with Crippen molar-refractivity contribution in [3.63, 3.8) is 0 Å². The second-order valence-electron chi connectivity index (χ2n) is 5.70. The number of rotatable bonds is 3. The zero-order valence-corrected chi connectivity index (χ0v) is 11.4. The number of halogens is 3. The number of nitrogens with one attached hydrogen (secondary N) is 1. The van der Waals surface area contributed by atoms with Crippen LogP contribution in [-0.4, -0.2) is 77.9 Å². The molecule has 2 bridgehead atoms. The summed E-state index contributed by atoms with van der Waals surface area (Å²) in [7, 11) is 0. The quantitative estimate of drug-likeness (QED) is 0.757. The highest BCUT2D eigenvalue weighted by molar-refractivity contribution is 5.82. The standard InChI is InChI=1S/C12H20F3N3O2/c1-11(20,12(13,14)15)8-16-10(19)9-7-17-3-2-4-18(9)6-5-17/h9,20H,2-8H2,1H3,(H,16,19). The molecule has 0 aromatic heterocycles. The molecule has 0 saturated carbocycles. The monoisotopic (exact) mass is 295 g/mol. The number of aliphatic hydroxyl groups is 1. The van der Waals surface area contributed by atoms with Crippen molar-refractivity contribution in [1.29, 1.82) is 0 Å². The molecule has 0 aromatic carbocycles. The van der Waals surface area contributed by atoms with Crippen LogP contribution >= 0.6 is 0 Å². The molecule has 3 fully saturated rings. The zero-order chi connectivity index (χ0) is 15.0. The van der Waals surface area contributed by atoms with Crippen molar-refractivity contribution in [2.45, 2.75) is 31.2 Å². The maximum Gasteiger partial charge on any atom is 0.418 e. The van der Waals surface area contributed by atoms with Gasteiger partial charge < -0.3 is 10.4 Å². The van der Waals surface area contributed by atoms with Gasteiger partial charge in [0.2, 0.25) is 5.91 Å². The summed E-state index contributed by atoms with van der Waals surface area (Å²) in [5.74, 6) is -0.443. The van der Waals surface area contributed by atoms with Crippen molar-refractivity contribution >= 4 is 5.91 Å². The zero-order valence-electron chi connectivity index (χ0n) is 11.4. The lowest BCUT2D eigenvalue weighted by Crippen LogP contribution is -2.59. The maximum absolute atomic E-state index is 12.5. The summed E-state index contributed by atoms with van der Waals surface area (Å²) in [4.78, 5) is 16.2. The third kappa shape index (κ3) is 3.24. The molecule has 3 aliphatic heterocycles. The Morgan fingerprint density at radius 2 is 2.00 bits per heavy atom. The molecule has 5 nitrogen and oxygen atoms in total. The third-order valence-corrected chi connectivity index (χ3v) is 4.02. The molecule has 8 heteroatoms. The second kappa shape index (κ2) is 5.50. The fraction of sp³-hybridized carbons (Fsp3) is 0.917. The number of amides is 1. The first-order chi connectivity index (χ1) is 9.21. The SMILES string of the molecule is CC(O)(CNC(=O)C1CN2CCCN1CC2)C(F)(F)F. The predicted octanol–water partition coefficient (Wildman–Crippen LogP) is -0.194. The highest BCUT2D eigenvalue weighted by atomic mass is 19.4. The van der Waals surface area contributed by atoms with E-state index in [1.54, 1.807) is 0 Å². The Kier molecular flexibility index (Phi) is 4.27. The lowest BCUT2D eigenvalue weighted by atomic mass is 10.1. The Bertz CT molecular complexity index is 369. The first-order valence-corrected chi connectivity index (χ1v) is 6.74. The number of piperazine rings is 1. The number of carbonyl (C=O) groups excluding carboxylic acids is 1. The number of hydrogen-bond donors (Lipinski definition) is 2. The van der Waals surface area contributed by atoms with Crippen molar-refractivity contribution in [3.05, 3.63) is 0 Å². The summed E-state index contributed by atoms with van der Waals surface area (Å²) in [6, 6.07) is -0.421. The smallest absolute Gasteiger partial charge is 0.379 e. The molecule has 2 N–H and O–H groups in total. The average molecular weight is 295 g/mol. The molecular weight excluding hydrogens is 275 g/mol. The Morgan fingerprint density at radius 1 is 1.30 bits per heavy atom. The van der Waals surface area contributed by atoms with Gasteiger partial charge in [-0.25, -0.2) is 0 Å². The number of nitrogens with zero attached hydrogens (tertiary/aromatic N) is 2. The van der Waals surface area contributed by atoms with Gasteiger partial charge in [-0.15, -0.1) is 0 Å². The first-order valence-electron chi connectivity index (χ1n) is 6.74. The van der Waals surface area contributed by atoms with Gasteiger partial charge in [-0.05, 0) is 19.9 Å². The van der Waals surface area contributed by atoms with Crippen LogP contribution in [0.5, 0.6) is 0 Å². The van der Waals surface area contributed by atoms with Crippen LogP contribution in [0.25, 0.3) is 0 Å². The molecule has 3 aliphatic rings. The molecule has 0 radical (unpaired) electrons. The van der Waals surface area contributed by atoms with Crippen LogP contribution in [0.15, 0.2) is 0 Å². The molecule has 0 spiro atoms. The molecule has 4 atom stereocenters. The average Bonchev–Trinajstić information content (AvgIpc) is 2.69. The summed E-state index contributed by atoms with van der Waals surface area (Å²) in [6.45, 7) is 3.73. The van der Waals surface area contributed by atoms with E-state index in [0.29, 0.717) is 13.5 Å². The van der Waals surface area contributed by atoms with Gasteiger partial charge in [0.15, 0.2) is 5.60 Å². The maximum atomic E-state index is 12.5. The minimum atomic E-state index is -4.76. The van der Waals surface area contributed by atoms with Gasteiger partial charge in [-0.2, -0.15) is 13.2 Å². The van der Waals surface area contributed by atoms with Crippen molar-refractivity contribution < 1.29 is 23.1 Å². The second-order valence-corrected chi connectivity index (χ2v) is 5.70. The lowest BCUT2D eigenvalue weighted by molar-refractivity contribution is -0.250. The van der Waals surface area contributed by atoms with E-state index in [4.69, 9.17) is 0 Å². The van der Waals surface area contributed by atoms with Gasteiger partial charge in [0.1, 0.15) is 6.04 Å². The Balaban J connectivity index is 1.92. The first kappa shape index (κ1) is 15.5. The van der Waals surface area contributed by atoms with E-state index in [0.717, 1.165) is 32.6 Å². The fourth-order valence-electron chi connectivity index (χ4n) is 2.57. The summed E-state index contributed by atoms with van der Waals surface area (Å²) in [6.07, 6.45) is -3.80. The lowest BCUT2D eigenvalue weighted by Gasteiger charge is -2.37. The minimum Gasteiger partial charge on any atom is -0.379 e. The number of hydrogen-bond acceptors (Lipinski definition) is 4. The third-order valence-electron chi connectivity index (χ3n) is 4.02. The van der Waals surface area contributed by atoms with Gasteiger partial charge in [0.05, 0.1) is 6.54 Å². The van der Waals surface area contributed by atoms with Crippen molar-refractivity contribution in [1.82, 2.24) is 15.1 Å². The Morgan fingerprint density at radius 3 is 2.65 bits per heavy atom. The van der Waals surface area contributed by atoms with Crippen LogP contribution in [0, 0.1) is 0 Å². The summed E-state index contributed by atoms with van der Waals surface area (Å²) < 4.78 is 37.6. The topological polar surface area (TPSA) is 55.8 Å². The minimum absolute atomic E-state index is 0.421. The van der Waals surface area contributed by atoms with E-state index >= 15 is 0 Å². The number of carbonyl (C=O) groups is 1. The highest BCUT2D eigenvalue weighted by Crippen LogP contribution is 2.29.